The molecule has 0 spiro atoms. The number of ether oxygens (including phenoxy) is 6. The van der Waals surface area contributed by atoms with Crippen LogP contribution in [0.5, 0.6) is 0 Å². The van der Waals surface area contributed by atoms with Crippen molar-refractivity contribution in [2.75, 3.05) is 106 Å². The number of nitrogens with zero attached hydrogens (tertiary/aromatic N) is 7. The maximum Gasteiger partial charge on any atom is 0.410 e. The molecule has 9 amide bonds. The van der Waals surface area contributed by atoms with Gasteiger partial charge in [0.15, 0.2) is 6.04 Å². The average molecular weight is 1080 g/mol. The van der Waals surface area contributed by atoms with Gasteiger partial charge in [0.2, 0.25) is 11.8 Å². The molecule has 6 heterocycles. The first-order chi connectivity index (χ1) is 35.3. The maximum atomic E-state index is 13.2. The van der Waals surface area contributed by atoms with Crippen LogP contribution in [0.2, 0.25) is 0 Å². The molecule has 6 fully saturated rings. The number of likely N-dealkylation sites (tertiary alicyclic amines) is 3. The lowest BCUT2D eigenvalue weighted by Crippen LogP contribution is -2.70. The minimum Gasteiger partial charge on any atom is -0.467 e. The van der Waals surface area contributed by atoms with E-state index in [2.05, 4.69) is 18.5 Å². The summed E-state index contributed by atoms with van der Waals surface area (Å²) in [6, 6.07) is -2.06. The predicted octanol–water partition coefficient (Wildman–Crippen LogP) is 4.68. The number of β-lactam (4-membered cyclic amide) rings is 2. The molecular weight excluding hydrogens is 1000 g/mol. The zero-order valence-electron chi connectivity index (χ0n) is 44.7. The summed E-state index contributed by atoms with van der Waals surface area (Å²) in [6.07, 6.45) is 5.55. The second-order valence-corrected chi connectivity index (χ2v) is 21.2. The minimum atomic E-state index is -0.982. The molecule has 0 unspecified atom stereocenters. The van der Waals surface area contributed by atoms with Crippen LogP contribution in [0.1, 0.15) is 80.1 Å². The summed E-state index contributed by atoms with van der Waals surface area (Å²) in [5.74, 6) is -2.00. The monoisotopic (exact) mass is 1080 g/mol. The Hall–Kier alpha value is -6.33. The Kier molecular flexibility index (Phi) is 22.8. The van der Waals surface area contributed by atoms with Crippen molar-refractivity contribution in [3.8, 4) is 0 Å². The summed E-state index contributed by atoms with van der Waals surface area (Å²) in [5.41, 5.74) is -1.07. The molecule has 6 aliphatic heterocycles. The third-order valence-electron chi connectivity index (χ3n) is 13.3. The minimum absolute atomic E-state index is 0.0880. The lowest BCUT2D eigenvalue weighted by Gasteiger charge is -2.47. The van der Waals surface area contributed by atoms with E-state index in [0.29, 0.717) is 84.0 Å². The van der Waals surface area contributed by atoms with Crippen LogP contribution in [0.15, 0.2) is 25.3 Å². The fourth-order valence-corrected chi connectivity index (χ4v) is 9.37. The zero-order chi connectivity index (χ0) is 55.8. The van der Waals surface area contributed by atoms with E-state index in [1.807, 2.05) is 41.5 Å². The van der Waals surface area contributed by atoms with E-state index < -0.39 is 58.6 Å². The summed E-state index contributed by atoms with van der Waals surface area (Å²) >= 11 is 5.31. The van der Waals surface area contributed by atoms with Crippen molar-refractivity contribution in [3.05, 3.63) is 25.3 Å². The van der Waals surface area contributed by atoms with Crippen molar-refractivity contribution in [2.45, 2.75) is 103 Å². The van der Waals surface area contributed by atoms with E-state index in [9.17, 15) is 47.9 Å². The number of hydrogen-bond acceptors (Lipinski definition) is 16. The molecule has 6 saturated heterocycles. The van der Waals surface area contributed by atoms with Crippen molar-refractivity contribution in [2.24, 2.45) is 23.7 Å². The van der Waals surface area contributed by atoms with Gasteiger partial charge in [0, 0.05) is 78.5 Å². The fraction of sp³-hybridized carbons (Fsp3) is 0.720. The molecule has 0 bridgehead atoms. The normalized spacial score (nSPS) is 22.2. The highest BCUT2D eigenvalue weighted by atomic mass is 35.5. The number of carbonyl (C=O) groups is 10. The predicted molar refractivity (Wildman–Crippen MR) is 270 cm³/mol. The second kappa shape index (κ2) is 28.0. The number of carbonyl (C=O) groups excluding carboxylic acids is 10. The third-order valence-corrected chi connectivity index (χ3v) is 13.5. The van der Waals surface area contributed by atoms with Gasteiger partial charge in [0.1, 0.15) is 30.5 Å². The van der Waals surface area contributed by atoms with E-state index in [-0.39, 0.29) is 81.4 Å². The molecule has 0 aromatic carbocycles. The molecule has 0 saturated carbocycles. The van der Waals surface area contributed by atoms with Crippen molar-refractivity contribution < 1.29 is 76.4 Å². The Bertz CT molecular complexity index is 2070. The molecule has 6 rings (SSSR count). The van der Waals surface area contributed by atoms with Crippen molar-refractivity contribution in [3.63, 3.8) is 0 Å². The van der Waals surface area contributed by atoms with Crippen LogP contribution in [0.25, 0.3) is 0 Å². The standard InChI is InChI=1S/C25H38N4O8.C16H26N2O5.C9H13ClN2O3/c1-6-15-36-23(33)28-13-11-26(12-14-28)22(32)29-19(21(31)35-5)18(20(29)30)16-17-7-9-27(10-8-17)24(34)37-25(2,3)4;1-16(2,3)23-15(21)18-7-5-10(6-8-18)9-11-12(14(20)22-4)17-13(11)19;1-2-7-15-9(14)12-5-3-11(4-6-12)8(10)13/h6,17-19H,1,7-16H2,2-5H3;10-12H,5-9H2,1-4H3,(H,17,19);2H,1,3-7H2/t18-,19+;11-,12+;/m11./s1. The Balaban J connectivity index is 0.000000271. The number of methoxy groups -OCH3 is 2. The lowest BCUT2D eigenvalue weighted by molar-refractivity contribution is -0.169. The van der Waals surface area contributed by atoms with Gasteiger partial charge in [-0.15, -0.1) is 0 Å². The van der Waals surface area contributed by atoms with E-state index in [4.69, 9.17) is 40.0 Å². The van der Waals surface area contributed by atoms with Gasteiger partial charge in [-0.2, -0.15) is 0 Å². The molecule has 25 heteroatoms. The van der Waals surface area contributed by atoms with Gasteiger partial charge in [-0.25, -0.2) is 38.5 Å². The number of piperidine rings is 2. The number of amides is 9. The number of esters is 2. The smallest absolute Gasteiger partial charge is 0.410 e. The van der Waals surface area contributed by atoms with Gasteiger partial charge in [0.05, 0.1) is 26.1 Å². The first-order valence-corrected chi connectivity index (χ1v) is 25.7. The van der Waals surface area contributed by atoms with Crippen molar-refractivity contribution >= 4 is 71.1 Å². The van der Waals surface area contributed by atoms with Gasteiger partial charge in [-0.05, 0) is 104 Å². The fourth-order valence-electron chi connectivity index (χ4n) is 9.21. The zero-order valence-corrected chi connectivity index (χ0v) is 45.5. The number of hydrogen-bond donors (Lipinski definition) is 1. The molecule has 6 aliphatic rings. The molecule has 75 heavy (non-hydrogen) atoms. The summed E-state index contributed by atoms with van der Waals surface area (Å²) in [7, 11) is 2.56. The van der Waals surface area contributed by atoms with Crippen LogP contribution in [0, 0.1) is 23.7 Å². The van der Waals surface area contributed by atoms with Gasteiger partial charge in [-0.1, -0.05) is 25.3 Å². The molecule has 1 N–H and O–H groups in total. The molecule has 420 valence electrons. The summed E-state index contributed by atoms with van der Waals surface area (Å²) in [6.45, 7) is 23.2. The Labute approximate surface area is 444 Å². The van der Waals surface area contributed by atoms with Crippen molar-refractivity contribution in [1.29, 1.82) is 0 Å². The number of rotatable bonds is 10. The van der Waals surface area contributed by atoms with E-state index in [1.54, 1.807) is 14.7 Å². The second-order valence-electron chi connectivity index (χ2n) is 20.9. The van der Waals surface area contributed by atoms with Crippen LogP contribution < -0.4 is 5.32 Å². The molecular formula is C50H77ClN8O16. The Morgan fingerprint density at radius 1 is 0.560 bits per heavy atom. The number of imide groups is 1. The first kappa shape index (κ1) is 61.2. The van der Waals surface area contributed by atoms with Crippen LogP contribution in [0.3, 0.4) is 0 Å². The molecule has 0 aromatic heterocycles. The van der Waals surface area contributed by atoms with E-state index in [0.717, 1.165) is 17.7 Å². The quantitative estimate of drug-likeness (QED) is 0.0778. The van der Waals surface area contributed by atoms with Crippen LogP contribution >= 0.6 is 11.6 Å². The van der Waals surface area contributed by atoms with E-state index in [1.165, 1.54) is 41.1 Å². The highest BCUT2D eigenvalue weighted by molar-refractivity contribution is 6.62. The molecule has 4 atom stereocenters. The van der Waals surface area contributed by atoms with Gasteiger partial charge < -0.3 is 63.1 Å². The summed E-state index contributed by atoms with van der Waals surface area (Å²) in [5, 5.41) is 2.11. The topological polar surface area (TPSA) is 261 Å². The van der Waals surface area contributed by atoms with Gasteiger partial charge >= 0.3 is 47.7 Å². The first-order valence-electron chi connectivity index (χ1n) is 25.4. The van der Waals surface area contributed by atoms with Gasteiger partial charge in [-0.3, -0.25) is 14.4 Å². The molecule has 0 aromatic rings. The van der Waals surface area contributed by atoms with Crippen LogP contribution in [-0.4, -0.2) is 223 Å². The molecule has 0 radical (unpaired) electrons. The number of urea groups is 1. The number of halogens is 1. The highest BCUT2D eigenvalue weighted by Gasteiger charge is 2.57. The summed E-state index contributed by atoms with van der Waals surface area (Å²) < 4.78 is 30.3. The van der Waals surface area contributed by atoms with Crippen molar-refractivity contribution in [1.82, 2.24) is 39.6 Å². The molecule has 0 aliphatic carbocycles. The highest BCUT2D eigenvalue weighted by Crippen LogP contribution is 2.37. The SMILES string of the molecule is C=CCOC(=O)N1CCN(C(=O)Cl)CC1.C=CCOC(=O)N1CCN(C(=O)N2C(=O)[C@H](CC3CCN(C(=O)OC(C)(C)C)CC3)[C@H]2C(=O)OC)CC1.COC(=O)[C@H]1NC(=O)[C@@H]1CC1CCN(C(=O)OC(C)(C)C)CC1. The van der Waals surface area contributed by atoms with Gasteiger partial charge in [0.25, 0.3) is 0 Å². The Morgan fingerprint density at radius 3 is 1.29 bits per heavy atom. The van der Waals surface area contributed by atoms with Crippen LogP contribution in [0.4, 0.5) is 28.8 Å². The maximum absolute atomic E-state index is 13.2. The lowest BCUT2D eigenvalue weighted by atomic mass is 9.77. The van der Waals surface area contributed by atoms with E-state index >= 15 is 0 Å². The number of nitrogens with one attached hydrogen (secondary N) is 1. The summed E-state index contributed by atoms with van der Waals surface area (Å²) in [4.78, 5) is 131. The van der Waals surface area contributed by atoms with Crippen LogP contribution in [-0.2, 0) is 47.6 Å². The number of piperazine rings is 2. The third kappa shape index (κ3) is 17.9. The average Bonchev–Trinajstić information content (AvgIpc) is 3.37. The Morgan fingerprint density at radius 2 is 0.933 bits per heavy atom. The molecule has 24 nitrogen and oxygen atoms in total. The largest absolute Gasteiger partial charge is 0.467 e.